The molecule has 1 radical (unpaired) electrons. The van der Waals surface area contributed by atoms with E-state index in [9.17, 15) is 0 Å². The molecule has 0 aliphatic heterocycles. The van der Waals surface area contributed by atoms with Crippen LogP contribution in [0.3, 0.4) is 0 Å². The lowest BCUT2D eigenvalue weighted by Crippen LogP contribution is -1.72. The topological polar surface area (TPSA) is 0 Å². The van der Waals surface area contributed by atoms with Gasteiger partial charge in [-0.3, -0.25) is 0 Å². The second-order valence-corrected chi connectivity index (χ2v) is 3.52. The second kappa shape index (κ2) is 2.84. The van der Waals surface area contributed by atoms with Crippen LogP contribution < -0.4 is 0 Å². The van der Waals surface area contributed by atoms with E-state index in [4.69, 9.17) is 0 Å². The highest BCUT2D eigenvalue weighted by Gasteiger charge is 1.93. The Morgan fingerprint density at radius 2 is 2.00 bits per heavy atom. The predicted molar refractivity (Wildman–Crippen MR) is 45.4 cm³/mol. The normalized spacial score (nSPS) is 9.67. The summed E-state index contributed by atoms with van der Waals surface area (Å²) in [5, 5.41) is 0. The molecule has 0 heterocycles. The molecular weight excluding hydrogens is 244 g/mol. The molecule has 0 N–H and O–H groups in total. The quantitative estimate of drug-likeness (QED) is 0.661. The second-order valence-electron chi connectivity index (χ2n) is 1.81. The third-order valence-corrected chi connectivity index (χ3v) is 2.84. The first-order valence-corrected chi connectivity index (χ1v) is 4.12. The third kappa shape index (κ3) is 1.80. The molecule has 0 bridgehead atoms. The smallest absolute Gasteiger partial charge is 0.0323 e. The van der Waals surface area contributed by atoms with Crippen LogP contribution in [-0.2, 0) is 0 Å². The van der Waals surface area contributed by atoms with Crippen LogP contribution in [0, 0.1) is 13.0 Å². The molecule has 0 nitrogen and oxygen atoms in total. The number of benzene rings is 1. The summed E-state index contributed by atoms with van der Waals surface area (Å²) in [6.07, 6.45) is 0. The average molecular weight is 249 g/mol. The molecule has 0 aliphatic carbocycles. The summed E-state index contributed by atoms with van der Waals surface area (Å²) in [4.78, 5) is 0. The van der Waals surface area contributed by atoms with Gasteiger partial charge in [-0.2, -0.15) is 0 Å². The fourth-order valence-electron chi connectivity index (χ4n) is 0.547. The van der Waals surface area contributed by atoms with E-state index in [2.05, 4.69) is 37.9 Å². The van der Waals surface area contributed by atoms with Gasteiger partial charge in [-0.05, 0) is 62.5 Å². The zero-order chi connectivity index (χ0) is 6.85. The summed E-state index contributed by atoms with van der Waals surface area (Å²) in [6.45, 7) is 2.01. The van der Waals surface area contributed by atoms with Crippen LogP contribution in [0.5, 0.6) is 0 Å². The highest BCUT2D eigenvalue weighted by atomic mass is 79.9. The maximum absolute atomic E-state index is 3.38. The first-order chi connectivity index (χ1) is 4.20. The van der Waals surface area contributed by atoms with Crippen molar-refractivity contribution in [3.63, 3.8) is 0 Å². The predicted octanol–water partition coefficient (Wildman–Crippen LogP) is 3.32. The Hall–Kier alpha value is 0.180. The van der Waals surface area contributed by atoms with E-state index in [1.54, 1.807) is 0 Å². The molecule has 0 atom stereocenters. The molecule has 1 aromatic carbocycles. The van der Waals surface area contributed by atoms with Gasteiger partial charge in [0.05, 0.1) is 0 Å². The molecule has 1 rings (SSSR count). The Bertz CT molecular complexity index is 218. The molecule has 47 valence electrons. The van der Waals surface area contributed by atoms with Gasteiger partial charge < -0.3 is 0 Å². The van der Waals surface area contributed by atoms with Gasteiger partial charge in [0.1, 0.15) is 0 Å². The fourth-order valence-corrected chi connectivity index (χ4v) is 1.23. The molecule has 0 aromatic heterocycles. The molecule has 0 saturated carbocycles. The van der Waals surface area contributed by atoms with Gasteiger partial charge in [-0.25, -0.2) is 0 Å². The SMILES string of the molecule is Cc1[c]cc(Br)c(Br)c1. The van der Waals surface area contributed by atoms with Crippen LogP contribution in [0.2, 0.25) is 0 Å². The zero-order valence-corrected chi connectivity index (χ0v) is 8.08. The van der Waals surface area contributed by atoms with Crippen LogP contribution in [-0.4, -0.2) is 0 Å². The third-order valence-electron chi connectivity index (χ3n) is 0.998. The van der Waals surface area contributed by atoms with Crippen molar-refractivity contribution >= 4 is 31.9 Å². The maximum atomic E-state index is 3.38. The zero-order valence-electron chi connectivity index (χ0n) is 4.91. The van der Waals surface area contributed by atoms with Crippen molar-refractivity contribution in [2.45, 2.75) is 6.92 Å². The van der Waals surface area contributed by atoms with Crippen LogP contribution in [0.25, 0.3) is 0 Å². The largest absolute Gasteiger partial charge is 0.0496 e. The first-order valence-electron chi connectivity index (χ1n) is 2.53. The summed E-state index contributed by atoms with van der Waals surface area (Å²) < 4.78 is 2.13. The minimum absolute atomic E-state index is 1.05. The van der Waals surface area contributed by atoms with Crippen LogP contribution in [0.4, 0.5) is 0 Å². The van der Waals surface area contributed by atoms with E-state index in [1.807, 2.05) is 19.1 Å². The minimum Gasteiger partial charge on any atom is -0.0496 e. The average Bonchev–Trinajstić information content (AvgIpc) is 1.80. The molecule has 2 heteroatoms. The Morgan fingerprint density at radius 1 is 1.33 bits per heavy atom. The first kappa shape index (κ1) is 7.29. The number of aryl methyl sites for hydroxylation is 1. The lowest BCUT2D eigenvalue weighted by Gasteiger charge is -1.94. The van der Waals surface area contributed by atoms with Crippen molar-refractivity contribution < 1.29 is 0 Å². The molecule has 1 aromatic rings. The van der Waals surface area contributed by atoms with E-state index in [1.165, 1.54) is 0 Å². The monoisotopic (exact) mass is 247 g/mol. The maximum Gasteiger partial charge on any atom is 0.0323 e. The highest BCUT2D eigenvalue weighted by Crippen LogP contribution is 2.22. The van der Waals surface area contributed by atoms with Crippen molar-refractivity contribution in [3.05, 3.63) is 32.7 Å². The summed E-state index contributed by atoms with van der Waals surface area (Å²) in [6, 6.07) is 6.98. The number of rotatable bonds is 0. The Balaban J connectivity index is 3.17. The van der Waals surface area contributed by atoms with E-state index >= 15 is 0 Å². The number of halogens is 2. The number of hydrogen-bond acceptors (Lipinski definition) is 0. The van der Waals surface area contributed by atoms with Gasteiger partial charge in [0, 0.05) is 8.95 Å². The summed E-state index contributed by atoms with van der Waals surface area (Å²) in [5.41, 5.74) is 1.14. The van der Waals surface area contributed by atoms with E-state index < -0.39 is 0 Å². The molecular formula is C7H5Br2. The number of hydrogen-bond donors (Lipinski definition) is 0. The minimum atomic E-state index is 1.05. The molecule has 0 aliphatic rings. The van der Waals surface area contributed by atoms with E-state index in [0.717, 1.165) is 14.5 Å². The van der Waals surface area contributed by atoms with Gasteiger partial charge in [0.2, 0.25) is 0 Å². The van der Waals surface area contributed by atoms with Crippen LogP contribution in [0.15, 0.2) is 21.1 Å². The molecule has 0 spiro atoms. The van der Waals surface area contributed by atoms with Crippen molar-refractivity contribution in [3.8, 4) is 0 Å². The lowest BCUT2D eigenvalue weighted by molar-refractivity contribution is 1.42. The summed E-state index contributed by atoms with van der Waals surface area (Å²) >= 11 is 6.73. The van der Waals surface area contributed by atoms with Gasteiger partial charge in [-0.1, -0.05) is 0 Å². The van der Waals surface area contributed by atoms with Gasteiger partial charge in [-0.15, -0.1) is 0 Å². The van der Waals surface area contributed by atoms with Crippen molar-refractivity contribution in [1.82, 2.24) is 0 Å². The summed E-state index contributed by atoms with van der Waals surface area (Å²) in [7, 11) is 0. The van der Waals surface area contributed by atoms with Gasteiger partial charge >= 0.3 is 0 Å². The Morgan fingerprint density at radius 3 is 2.44 bits per heavy atom. The van der Waals surface area contributed by atoms with Gasteiger partial charge in [0.15, 0.2) is 0 Å². The van der Waals surface area contributed by atoms with Crippen LogP contribution in [0.1, 0.15) is 5.56 Å². The van der Waals surface area contributed by atoms with Crippen molar-refractivity contribution in [2.24, 2.45) is 0 Å². The fraction of sp³-hybridized carbons (Fsp3) is 0.143. The molecule has 0 unspecified atom stereocenters. The van der Waals surface area contributed by atoms with Crippen LogP contribution >= 0.6 is 31.9 Å². The van der Waals surface area contributed by atoms with E-state index in [-0.39, 0.29) is 0 Å². The molecule has 0 fully saturated rings. The highest BCUT2D eigenvalue weighted by molar-refractivity contribution is 9.13. The summed E-state index contributed by atoms with van der Waals surface area (Å²) in [5.74, 6) is 0. The van der Waals surface area contributed by atoms with E-state index in [0.29, 0.717) is 0 Å². The standard InChI is InChI=1S/C7H5Br2/c1-5-2-3-6(8)7(9)4-5/h3-4H,1H3. The molecule has 9 heavy (non-hydrogen) atoms. The lowest BCUT2D eigenvalue weighted by atomic mass is 10.2. The Labute approximate surface area is 71.5 Å². The molecule has 0 amide bonds. The van der Waals surface area contributed by atoms with Crippen molar-refractivity contribution in [2.75, 3.05) is 0 Å². The van der Waals surface area contributed by atoms with Gasteiger partial charge in [0.25, 0.3) is 0 Å². The van der Waals surface area contributed by atoms with Crippen molar-refractivity contribution in [1.29, 1.82) is 0 Å². The Kier molecular flexibility index (Phi) is 2.30. The molecule has 0 saturated heterocycles.